The molecule has 2 aliphatic carbocycles. The molecule has 2 heterocycles. The van der Waals surface area contributed by atoms with Gasteiger partial charge in [-0.15, -0.1) is 11.3 Å². The van der Waals surface area contributed by atoms with Crippen molar-refractivity contribution < 1.29 is 4.42 Å². The van der Waals surface area contributed by atoms with Crippen LogP contribution in [0.15, 0.2) is 235 Å². The van der Waals surface area contributed by atoms with Crippen LogP contribution in [0, 0.1) is 0 Å². The number of hydrogen-bond acceptors (Lipinski definition) is 4. The molecule has 0 saturated heterocycles. The molecular formula is C74H52N2OS. The van der Waals surface area contributed by atoms with Gasteiger partial charge in [0.05, 0.1) is 0 Å². The second-order valence-electron chi connectivity index (χ2n) is 22.6. The summed E-state index contributed by atoms with van der Waals surface area (Å²) in [4.78, 5) is 0. The lowest BCUT2D eigenvalue weighted by Gasteiger charge is -2.23. The molecule has 2 aliphatic rings. The molecule has 0 atom stereocenters. The van der Waals surface area contributed by atoms with Crippen LogP contribution in [0.1, 0.15) is 49.9 Å². The molecule has 4 heteroatoms. The predicted octanol–water partition coefficient (Wildman–Crippen LogP) is 21.4. The second kappa shape index (κ2) is 16.6. The fourth-order valence-corrected chi connectivity index (χ4v) is 14.6. The Bertz CT molecular complexity index is 4870. The van der Waals surface area contributed by atoms with Crippen LogP contribution in [0.2, 0.25) is 0 Å². The smallest absolute Gasteiger partial charge is 0.136 e. The third-order valence-corrected chi connectivity index (χ3v) is 18.5. The quantitative estimate of drug-likeness (QED) is 0.167. The van der Waals surface area contributed by atoms with Crippen LogP contribution >= 0.6 is 11.3 Å². The molecule has 0 bridgehead atoms. The molecule has 2 aromatic heterocycles. The summed E-state index contributed by atoms with van der Waals surface area (Å²) in [7, 11) is 0. The number of benzene rings is 12. The summed E-state index contributed by atoms with van der Waals surface area (Å²) in [5, 5.41) is 17.6. The highest BCUT2D eigenvalue weighted by Gasteiger charge is 2.37. The lowest BCUT2D eigenvalue weighted by atomic mass is 9.81. The summed E-state index contributed by atoms with van der Waals surface area (Å²) in [6.07, 6.45) is 0. The van der Waals surface area contributed by atoms with E-state index in [1.807, 2.05) is 17.4 Å². The molecule has 12 aromatic carbocycles. The minimum Gasteiger partial charge on any atom is -0.456 e. The maximum atomic E-state index is 6.33. The van der Waals surface area contributed by atoms with Crippen molar-refractivity contribution >= 4 is 97.7 Å². The largest absolute Gasteiger partial charge is 0.456 e. The Morgan fingerprint density at radius 1 is 0.321 bits per heavy atom. The summed E-state index contributed by atoms with van der Waals surface area (Å²) in [5.41, 5.74) is 23.6. The Labute approximate surface area is 457 Å². The number of para-hydroxylation sites is 1. The molecule has 370 valence electrons. The van der Waals surface area contributed by atoms with E-state index in [0.29, 0.717) is 0 Å². The van der Waals surface area contributed by atoms with Crippen molar-refractivity contribution in [2.24, 2.45) is 0 Å². The fourth-order valence-electron chi connectivity index (χ4n) is 13.5. The standard InChI is InChI=1S/C74H52N2OS/c1-73(2)61-22-10-7-17-55(61)57-33-29-49(41-63(57)73)76-66-40-48(54-21-14-26-70-72(54)60-19-9-12-25-69(60)78-70)37-46-35-43(27-31-52(46)66)44-28-32-56-58-34-30-50(42-64(58)74(3,4)62(56)38-44)75-65-39-47(36-45-15-5-6-16-51(45)65)53-20-13-24-68-71(53)59-18-8-11-23-67(59)77-68/h5-42,75-76H,1-4H3. The molecule has 0 aliphatic heterocycles. The highest BCUT2D eigenvalue weighted by atomic mass is 32.1. The van der Waals surface area contributed by atoms with Crippen molar-refractivity contribution in [2.75, 3.05) is 10.6 Å². The second-order valence-corrected chi connectivity index (χ2v) is 23.7. The van der Waals surface area contributed by atoms with Crippen molar-refractivity contribution in [1.82, 2.24) is 0 Å². The van der Waals surface area contributed by atoms with Gasteiger partial charge in [0.15, 0.2) is 0 Å². The van der Waals surface area contributed by atoms with E-state index >= 15 is 0 Å². The van der Waals surface area contributed by atoms with Gasteiger partial charge in [-0.2, -0.15) is 0 Å². The SMILES string of the molecule is CC1(C)c2ccccc2-c2ccc(Nc3cc(-c4cccc5sc6ccccc6c45)cc4cc(-c5ccc6c(c5)C(C)(C)c5cc(Nc7cc(-c8cccc9oc%10ccccc%10c89)cc8ccccc78)ccc5-6)ccc34)cc21. The summed E-state index contributed by atoms with van der Waals surface area (Å²) in [6.45, 7) is 9.48. The van der Waals surface area contributed by atoms with E-state index in [1.165, 1.54) is 108 Å². The van der Waals surface area contributed by atoms with Gasteiger partial charge in [0.25, 0.3) is 0 Å². The predicted molar refractivity (Wildman–Crippen MR) is 333 cm³/mol. The number of thiophene rings is 1. The van der Waals surface area contributed by atoms with Gasteiger partial charge in [0, 0.05) is 75.3 Å². The summed E-state index contributed by atoms with van der Waals surface area (Å²) in [6, 6.07) is 85.4. The zero-order chi connectivity index (χ0) is 52.0. The molecule has 3 nitrogen and oxygen atoms in total. The number of nitrogens with one attached hydrogen (secondary N) is 2. The Hall–Kier alpha value is -9.22. The summed E-state index contributed by atoms with van der Waals surface area (Å²) >= 11 is 1.87. The molecule has 0 fully saturated rings. The van der Waals surface area contributed by atoms with Gasteiger partial charge in [-0.25, -0.2) is 0 Å². The van der Waals surface area contributed by atoms with Gasteiger partial charge in [-0.05, 0) is 174 Å². The highest BCUT2D eigenvalue weighted by Crippen LogP contribution is 2.53. The van der Waals surface area contributed by atoms with Gasteiger partial charge in [0.2, 0.25) is 0 Å². The fraction of sp³-hybridized carbons (Fsp3) is 0.0811. The molecule has 0 spiro atoms. The zero-order valence-electron chi connectivity index (χ0n) is 43.8. The molecule has 0 unspecified atom stereocenters. The van der Waals surface area contributed by atoms with Crippen molar-refractivity contribution in [1.29, 1.82) is 0 Å². The number of rotatable bonds is 7. The average Bonchev–Trinajstić information content (AvgIpc) is 4.34. The minimum absolute atomic E-state index is 0.0978. The molecule has 78 heavy (non-hydrogen) atoms. The third-order valence-electron chi connectivity index (χ3n) is 17.4. The van der Waals surface area contributed by atoms with Crippen LogP contribution < -0.4 is 10.6 Å². The maximum absolute atomic E-state index is 6.33. The molecule has 16 rings (SSSR count). The van der Waals surface area contributed by atoms with Crippen molar-refractivity contribution in [3.63, 3.8) is 0 Å². The lowest BCUT2D eigenvalue weighted by Crippen LogP contribution is -2.15. The van der Waals surface area contributed by atoms with Gasteiger partial charge in [-0.3, -0.25) is 0 Å². The van der Waals surface area contributed by atoms with E-state index in [-0.39, 0.29) is 10.8 Å². The molecule has 0 radical (unpaired) electrons. The first-order valence-corrected chi connectivity index (χ1v) is 27.9. The first-order valence-electron chi connectivity index (χ1n) is 27.1. The molecule has 2 N–H and O–H groups in total. The minimum atomic E-state index is -0.241. The van der Waals surface area contributed by atoms with Crippen molar-refractivity contribution in [2.45, 2.75) is 38.5 Å². The van der Waals surface area contributed by atoms with Crippen LogP contribution in [-0.4, -0.2) is 0 Å². The van der Waals surface area contributed by atoms with Crippen molar-refractivity contribution in [3.8, 4) is 55.6 Å². The topological polar surface area (TPSA) is 37.2 Å². The monoisotopic (exact) mass is 1020 g/mol. The molecule has 0 amide bonds. The number of hydrogen-bond donors (Lipinski definition) is 2. The van der Waals surface area contributed by atoms with E-state index in [9.17, 15) is 0 Å². The van der Waals surface area contributed by atoms with E-state index in [4.69, 9.17) is 4.42 Å². The maximum Gasteiger partial charge on any atom is 0.136 e. The van der Waals surface area contributed by atoms with Gasteiger partial charge in [0.1, 0.15) is 11.2 Å². The average molecular weight is 1020 g/mol. The van der Waals surface area contributed by atoms with Gasteiger partial charge >= 0.3 is 0 Å². The Kier molecular flexibility index (Phi) is 9.60. The summed E-state index contributed by atoms with van der Waals surface area (Å²) in [5.74, 6) is 0. The van der Waals surface area contributed by atoms with E-state index in [0.717, 1.165) is 55.8 Å². The van der Waals surface area contributed by atoms with Gasteiger partial charge in [-0.1, -0.05) is 173 Å². The zero-order valence-corrected chi connectivity index (χ0v) is 44.6. The Morgan fingerprint density at radius 2 is 0.821 bits per heavy atom. The third kappa shape index (κ3) is 6.76. The normalized spacial score (nSPS) is 13.8. The molecule has 14 aromatic rings. The first-order chi connectivity index (χ1) is 38.1. The van der Waals surface area contributed by atoms with Crippen LogP contribution in [-0.2, 0) is 10.8 Å². The molecule has 0 saturated carbocycles. The van der Waals surface area contributed by atoms with E-state index < -0.39 is 0 Å². The Morgan fingerprint density at radius 3 is 1.59 bits per heavy atom. The van der Waals surface area contributed by atoms with Crippen LogP contribution in [0.4, 0.5) is 22.7 Å². The van der Waals surface area contributed by atoms with E-state index in [1.54, 1.807) is 0 Å². The Balaban J connectivity index is 0.771. The highest BCUT2D eigenvalue weighted by molar-refractivity contribution is 7.25. The lowest BCUT2D eigenvalue weighted by molar-refractivity contribution is 0.660. The van der Waals surface area contributed by atoms with Gasteiger partial charge < -0.3 is 15.1 Å². The van der Waals surface area contributed by atoms with Crippen molar-refractivity contribution in [3.05, 3.63) is 253 Å². The number of fused-ring (bicyclic) bond motifs is 14. The van der Waals surface area contributed by atoms with E-state index in [2.05, 4.69) is 263 Å². The van der Waals surface area contributed by atoms with Crippen LogP contribution in [0.5, 0.6) is 0 Å². The van der Waals surface area contributed by atoms with Crippen LogP contribution in [0.25, 0.3) is 119 Å². The molecular weight excluding hydrogens is 965 g/mol. The number of anilines is 4. The van der Waals surface area contributed by atoms with Crippen LogP contribution in [0.3, 0.4) is 0 Å². The number of furan rings is 1. The first kappa shape index (κ1) is 45.0. The summed E-state index contributed by atoms with van der Waals surface area (Å²) < 4.78 is 8.95.